The molecule has 0 radical (unpaired) electrons. The van der Waals surface area contributed by atoms with Crippen molar-refractivity contribution in [3.8, 4) is 0 Å². The lowest BCUT2D eigenvalue weighted by molar-refractivity contribution is -0.0777. The molecule has 1 aliphatic rings. The number of tetrazole rings is 1. The molecule has 0 spiro atoms. The van der Waals surface area contributed by atoms with Crippen molar-refractivity contribution in [2.75, 3.05) is 25.0 Å². The fourth-order valence-electron chi connectivity index (χ4n) is 2.59. The van der Waals surface area contributed by atoms with Crippen LogP contribution in [0.15, 0.2) is 0 Å². The van der Waals surface area contributed by atoms with E-state index in [1.165, 1.54) is 4.80 Å². The molecule has 1 aromatic heterocycles. The Hall–Kier alpha value is -1.74. The maximum Gasteiger partial charge on any atom is 0.321 e. The number of carbonyl (C=O) groups is 1. The van der Waals surface area contributed by atoms with Crippen molar-refractivity contribution in [2.45, 2.75) is 58.9 Å². The monoisotopic (exact) mass is 325 g/mol. The number of ether oxygens (including phenoxy) is 1. The molecule has 2 heterocycles. The number of anilines is 1. The van der Waals surface area contributed by atoms with Gasteiger partial charge in [-0.1, -0.05) is 5.10 Å². The summed E-state index contributed by atoms with van der Waals surface area (Å²) in [5, 5.41) is 17.2. The Balaban J connectivity index is 1.77. The molecule has 9 heteroatoms. The summed E-state index contributed by atoms with van der Waals surface area (Å²) in [7, 11) is 0. The molecular formula is C14H27N7O2. The Morgan fingerprint density at radius 3 is 2.52 bits per heavy atom. The molecule has 23 heavy (non-hydrogen) atoms. The molecule has 1 saturated heterocycles. The van der Waals surface area contributed by atoms with Gasteiger partial charge in [-0.25, -0.2) is 4.79 Å². The summed E-state index contributed by atoms with van der Waals surface area (Å²) in [5.41, 5.74) is 0. The molecule has 0 saturated carbocycles. The summed E-state index contributed by atoms with van der Waals surface area (Å²) in [4.78, 5) is 15.7. The topological polar surface area (TPSA) is 97.2 Å². The minimum absolute atomic E-state index is 0.103. The first-order chi connectivity index (χ1) is 10.8. The van der Waals surface area contributed by atoms with Crippen LogP contribution in [-0.4, -0.2) is 69.0 Å². The van der Waals surface area contributed by atoms with Gasteiger partial charge >= 0.3 is 6.03 Å². The average Bonchev–Trinajstić information content (AvgIpc) is 2.92. The smallest absolute Gasteiger partial charge is 0.321 e. The highest BCUT2D eigenvalue weighted by atomic mass is 16.5. The van der Waals surface area contributed by atoms with Gasteiger partial charge in [0.15, 0.2) is 0 Å². The van der Waals surface area contributed by atoms with Gasteiger partial charge in [-0.15, -0.1) is 5.10 Å². The summed E-state index contributed by atoms with van der Waals surface area (Å²) >= 11 is 0. The first-order valence-electron chi connectivity index (χ1n) is 8.09. The van der Waals surface area contributed by atoms with Gasteiger partial charge in [-0.05, 0) is 39.8 Å². The van der Waals surface area contributed by atoms with Gasteiger partial charge < -0.3 is 10.1 Å². The molecule has 130 valence electrons. The van der Waals surface area contributed by atoms with E-state index in [2.05, 4.69) is 51.7 Å². The molecule has 2 N–H and O–H groups in total. The second kappa shape index (κ2) is 7.69. The van der Waals surface area contributed by atoms with Crippen LogP contribution in [0.1, 0.15) is 40.7 Å². The Labute approximate surface area is 136 Å². The van der Waals surface area contributed by atoms with Crippen molar-refractivity contribution < 1.29 is 9.53 Å². The number of aromatic nitrogens is 4. The molecule has 2 amide bonds. The number of amides is 2. The van der Waals surface area contributed by atoms with Crippen LogP contribution < -0.4 is 10.6 Å². The third-order valence-electron chi connectivity index (χ3n) is 3.74. The second-order valence-corrected chi connectivity index (χ2v) is 6.42. The quantitative estimate of drug-likeness (QED) is 0.834. The molecule has 1 unspecified atom stereocenters. The van der Waals surface area contributed by atoms with Gasteiger partial charge in [0.05, 0.1) is 18.2 Å². The van der Waals surface area contributed by atoms with Crippen LogP contribution >= 0.6 is 0 Å². The third-order valence-corrected chi connectivity index (χ3v) is 3.74. The molecule has 1 fully saturated rings. The summed E-state index contributed by atoms with van der Waals surface area (Å²) in [6.45, 7) is 12.4. The highest BCUT2D eigenvalue weighted by Gasteiger charge is 2.25. The zero-order valence-corrected chi connectivity index (χ0v) is 14.5. The van der Waals surface area contributed by atoms with Gasteiger partial charge in [0.2, 0.25) is 0 Å². The van der Waals surface area contributed by atoms with Crippen LogP contribution in [-0.2, 0) is 4.74 Å². The molecule has 9 nitrogen and oxygen atoms in total. The molecule has 2 rings (SSSR count). The molecule has 0 aromatic carbocycles. The van der Waals surface area contributed by atoms with Crippen LogP contribution in [0, 0.1) is 0 Å². The summed E-state index contributed by atoms with van der Waals surface area (Å²) in [5.74, 6) is 0.206. The van der Waals surface area contributed by atoms with E-state index >= 15 is 0 Å². The predicted molar refractivity (Wildman–Crippen MR) is 86.3 cm³/mol. The zero-order chi connectivity index (χ0) is 17.0. The molecular weight excluding hydrogens is 298 g/mol. The van der Waals surface area contributed by atoms with Crippen molar-refractivity contribution in [3.05, 3.63) is 0 Å². The van der Waals surface area contributed by atoms with Crippen LogP contribution in [0.5, 0.6) is 0 Å². The lowest BCUT2D eigenvalue weighted by Gasteiger charge is -2.38. The zero-order valence-electron chi connectivity index (χ0n) is 14.5. The number of nitrogens with one attached hydrogen (secondary N) is 2. The lowest BCUT2D eigenvalue weighted by Crippen LogP contribution is -2.52. The van der Waals surface area contributed by atoms with Crippen LogP contribution in [0.2, 0.25) is 0 Å². The number of nitrogens with zero attached hydrogens (tertiary/aromatic N) is 5. The SMILES string of the molecule is CC(CNC(=O)Nc1nnn(C(C)C)n1)N1C[C@@H](C)O[C@@H](C)C1. The van der Waals surface area contributed by atoms with E-state index in [9.17, 15) is 4.79 Å². The van der Waals surface area contributed by atoms with Gasteiger partial charge in [-0.3, -0.25) is 10.2 Å². The minimum atomic E-state index is -0.325. The summed E-state index contributed by atoms with van der Waals surface area (Å²) in [6.07, 6.45) is 0.426. The minimum Gasteiger partial charge on any atom is -0.373 e. The van der Waals surface area contributed by atoms with Crippen LogP contribution in [0.25, 0.3) is 0 Å². The van der Waals surface area contributed by atoms with E-state index in [0.29, 0.717) is 6.54 Å². The number of hydrogen-bond acceptors (Lipinski definition) is 6. The van der Waals surface area contributed by atoms with Crippen molar-refractivity contribution in [1.82, 2.24) is 30.4 Å². The highest BCUT2D eigenvalue weighted by molar-refractivity contribution is 5.87. The van der Waals surface area contributed by atoms with Crippen LogP contribution in [0.4, 0.5) is 10.7 Å². The standard InChI is InChI=1S/C14H27N7O2/c1-9(2)21-18-13(17-19-21)16-14(22)15-6-10(3)20-7-11(4)23-12(5)8-20/h9-12H,6-8H2,1-5H3,(H2,15,16,18,22)/t10?,11-,12+. The first kappa shape index (κ1) is 17.6. The Morgan fingerprint density at radius 2 is 1.96 bits per heavy atom. The predicted octanol–water partition coefficient (Wildman–Crippen LogP) is 0.873. The highest BCUT2D eigenvalue weighted by Crippen LogP contribution is 2.13. The summed E-state index contributed by atoms with van der Waals surface area (Å²) in [6, 6.07) is 0.00908. The third kappa shape index (κ3) is 5.14. The molecule has 0 aliphatic carbocycles. The molecule has 3 atom stereocenters. The molecule has 1 aliphatic heterocycles. The van der Waals surface area contributed by atoms with Crippen LogP contribution in [0.3, 0.4) is 0 Å². The van der Waals surface area contributed by atoms with E-state index in [1.807, 2.05) is 13.8 Å². The molecule has 0 bridgehead atoms. The normalized spacial score (nSPS) is 23.7. The number of morpholine rings is 1. The number of hydrogen-bond donors (Lipinski definition) is 2. The number of rotatable bonds is 5. The van der Waals surface area contributed by atoms with Gasteiger partial charge in [0, 0.05) is 25.7 Å². The Kier molecular flexibility index (Phi) is 5.89. The first-order valence-corrected chi connectivity index (χ1v) is 8.09. The van der Waals surface area contributed by atoms with E-state index in [1.54, 1.807) is 0 Å². The second-order valence-electron chi connectivity index (χ2n) is 6.42. The van der Waals surface area contributed by atoms with Crippen molar-refractivity contribution in [2.24, 2.45) is 0 Å². The fraction of sp³-hybridized carbons (Fsp3) is 0.857. The number of urea groups is 1. The van der Waals surface area contributed by atoms with E-state index < -0.39 is 0 Å². The maximum absolute atomic E-state index is 11.9. The van der Waals surface area contributed by atoms with Crippen molar-refractivity contribution in [1.29, 1.82) is 0 Å². The lowest BCUT2D eigenvalue weighted by atomic mass is 10.2. The molecule has 1 aromatic rings. The van der Waals surface area contributed by atoms with Gasteiger partial charge in [0.25, 0.3) is 5.95 Å². The van der Waals surface area contributed by atoms with E-state index in [-0.39, 0.29) is 36.3 Å². The Bertz CT molecular complexity index is 509. The summed E-state index contributed by atoms with van der Waals surface area (Å²) < 4.78 is 5.73. The average molecular weight is 325 g/mol. The van der Waals surface area contributed by atoms with E-state index in [0.717, 1.165) is 13.1 Å². The maximum atomic E-state index is 11.9. The van der Waals surface area contributed by atoms with Crippen molar-refractivity contribution >= 4 is 12.0 Å². The van der Waals surface area contributed by atoms with Crippen molar-refractivity contribution in [3.63, 3.8) is 0 Å². The van der Waals surface area contributed by atoms with E-state index in [4.69, 9.17) is 4.74 Å². The largest absolute Gasteiger partial charge is 0.373 e. The van der Waals surface area contributed by atoms with Gasteiger partial charge in [0.1, 0.15) is 0 Å². The Morgan fingerprint density at radius 1 is 1.30 bits per heavy atom. The van der Waals surface area contributed by atoms with Gasteiger partial charge in [-0.2, -0.15) is 4.80 Å². The number of carbonyl (C=O) groups excluding carboxylic acids is 1. The fourth-order valence-corrected chi connectivity index (χ4v) is 2.59.